The second kappa shape index (κ2) is 6.39. The molecule has 0 bridgehead atoms. The highest BCUT2D eigenvalue weighted by atomic mass is 16.1. The van der Waals surface area contributed by atoms with Crippen molar-refractivity contribution >= 4 is 5.91 Å². The Balaban J connectivity index is 1.59. The van der Waals surface area contributed by atoms with Crippen molar-refractivity contribution < 1.29 is 4.79 Å². The van der Waals surface area contributed by atoms with Crippen LogP contribution in [0.4, 0.5) is 0 Å². The number of benzene rings is 1. The summed E-state index contributed by atoms with van der Waals surface area (Å²) in [7, 11) is 2.28. The fraction of sp³-hybridized carbons (Fsp3) is 0.611. The van der Waals surface area contributed by atoms with Crippen LogP contribution in [0.2, 0.25) is 0 Å². The van der Waals surface area contributed by atoms with Gasteiger partial charge in [-0.3, -0.25) is 9.69 Å². The average molecular weight is 301 g/mol. The van der Waals surface area contributed by atoms with Gasteiger partial charge in [-0.2, -0.15) is 0 Å². The van der Waals surface area contributed by atoms with Crippen LogP contribution in [0.1, 0.15) is 43.2 Å². The quantitative estimate of drug-likeness (QED) is 0.872. The average Bonchev–Trinajstić information content (AvgIpc) is 3.09. The molecule has 1 aliphatic heterocycles. The van der Waals surface area contributed by atoms with Crippen LogP contribution in [-0.4, -0.2) is 36.0 Å². The molecule has 1 amide bonds. The van der Waals surface area contributed by atoms with Crippen LogP contribution >= 0.6 is 0 Å². The lowest BCUT2D eigenvalue weighted by molar-refractivity contribution is -0.117. The third kappa shape index (κ3) is 3.03. The van der Waals surface area contributed by atoms with Gasteiger partial charge in [-0.25, -0.2) is 0 Å². The van der Waals surface area contributed by atoms with E-state index in [1.165, 1.54) is 44.2 Å². The number of likely N-dealkylation sites (N-methyl/N-ethyl adjacent to an activating group) is 1. The fourth-order valence-electron chi connectivity index (χ4n) is 4.31. The molecule has 1 atom stereocenters. The molecule has 120 valence electrons. The molecule has 1 unspecified atom stereocenters. The minimum Gasteiger partial charge on any atom is -0.369 e. The molecule has 1 aliphatic carbocycles. The van der Waals surface area contributed by atoms with Gasteiger partial charge < -0.3 is 11.1 Å². The van der Waals surface area contributed by atoms with Crippen LogP contribution in [0, 0.1) is 0 Å². The van der Waals surface area contributed by atoms with Crippen LogP contribution < -0.4 is 11.1 Å². The number of hydrogen-bond acceptors (Lipinski definition) is 3. The summed E-state index contributed by atoms with van der Waals surface area (Å²) in [5, 5.41) is 3.79. The molecular formula is C18H27N3O. The molecule has 22 heavy (non-hydrogen) atoms. The molecule has 3 rings (SSSR count). The lowest BCUT2D eigenvalue weighted by Crippen LogP contribution is -2.51. The number of primary amides is 1. The maximum atomic E-state index is 10.9. The van der Waals surface area contributed by atoms with E-state index in [1.807, 2.05) is 12.1 Å². The second-order valence-corrected chi connectivity index (χ2v) is 6.91. The largest absolute Gasteiger partial charge is 0.369 e. The Bertz CT molecular complexity index is 520. The lowest BCUT2D eigenvalue weighted by Gasteiger charge is -2.37. The number of hydrogen-bond donors (Lipinski definition) is 2. The normalized spacial score (nSPS) is 24.1. The van der Waals surface area contributed by atoms with E-state index in [0.29, 0.717) is 18.0 Å². The highest BCUT2D eigenvalue weighted by Crippen LogP contribution is 2.42. The van der Waals surface area contributed by atoms with E-state index < -0.39 is 0 Å². The highest BCUT2D eigenvalue weighted by molar-refractivity contribution is 5.76. The Hall–Kier alpha value is -1.39. The van der Waals surface area contributed by atoms with Gasteiger partial charge in [-0.1, -0.05) is 37.1 Å². The fourth-order valence-corrected chi connectivity index (χ4v) is 4.31. The van der Waals surface area contributed by atoms with Crippen molar-refractivity contribution in [2.24, 2.45) is 5.73 Å². The molecule has 1 aromatic carbocycles. The van der Waals surface area contributed by atoms with Crippen LogP contribution in [0.15, 0.2) is 24.3 Å². The van der Waals surface area contributed by atoms with Crippen molar-refractivity contribution in [2.75, 3.05) is 13.6 Å². The molecule has 1 aromatic rings. The number of carbonyl (C=O) groups is 1. The minimum atomic E-state index is -0.275. The highest BCUT2D eigenvalue weighted by Gasteiger charge is 2.47. The number of nitrogens with one attached hydrogen (secondary N) is 1. The number of amides is 1. The molecule has 1 saturated heterocycles. The molecule has 2 aliphatic rings. The number of nitrogens with two attached hydrogens (primary N) is 1. The SMILES string of the molecule is CN1CCC(NCc2ccc(CC(N)=O)cc2)C12CCCC2. The maximum Gasteiger partial charge on any atom is 0.221 e. The summed E-state index contributed by atoms with van der Waals surface area (Å²) < 4.78 is 0. The zero-order valence-corrected chi connectivity index (χ0v) is 13.5. The minimum absolute atomic E-state index is 0.275. The monoisotopic (exact) mass is 301 g/mol. The van der Waals surface area contributed by atoms with Crippen LogP contribution in [0.5, 0.6) is 0 Å². The number of rotatable bonds is 5. The molecule has 4 heteroatoms. The van der Waals surface area contributed by atoms with Gasteiger partial charge in [0.2, 0.25) is 5.91 Å². The molecule has 1 saturated carbocycles. The van der Waals surface area contributed by atoms with E-state index in [-0.39, 0.29) is 5.91 Å². The second-order valence-electron chi connectivity index (χ2n) is 6.91. The first-order valence-electron chi connectivity index (χ1n) is 8.41. The first-order valence-corrected chi connectivity index (χ1v) is 8.41. The number of likely N-dealkylation sites (tertiary alicyclic amines) is 1. The van der Waals surface area contributed by atoms with Gasteiger partial charge in [0.05, 0.1) is 6.42 Å². The lowest BCUT2D eigenvalue weighted by atomic mass is 9.89. The van der Waals surface area contributed by atoms with Gasteiger partial charge in [0, 0.05) is 18.1 Å². The molecule has 1 spiro atoms. The summed E-state index contributed by atoms with van der Waals surface area (Å²) in [5.41, 5.74) is 7.89. The van der Waals surface area contributed by atoms with Crippen molar-refractivity contribution in [1.82, 2.24) is 10.2 Å². The summed E-state index contributed by atoms with van der Waals surface area (Å²) in [4.78, 5) is 13.5. The van der Waals surface area contributed by atoms with Crippen LogP contribution in [0.25, 0.3) is 0 Å². The third-order valence-corrected chi connectivity index (χ3v) is 5.59. The first kappa shape index (κ1) is 15.5. The van der Waals surface area contributed by atoms with E-state index in [0.717, 1.165) is 12.1 Å². The van der Waals surface area contributed by atoms with Gasteiger partial charge in [-0.05, 0) is 44.0 Å². The van der Waals surface area contributed by atoms with E-state index in [9.17, 15) is 4.79 Å². The molecule has 3 N–H and O–H groups in total. The Morgan fingerprint density at radius 1 is 1.27 bits per heavy atom. The predicted octanol–water partition coefficient (Wildman–Crippen LogP) is 1.82. The van der Waals surface area contributed by atoms with E-state index in [4.69, 9.17) is 5.73 Å². The zero-order chi connectivity index (χ0) is 15.6. The summed E-state index contributed by atoms with van der Waals surface area (Å²) in [5.74, 6) is -0.275. The molecular weight excluding hydrogens is 274 g/mol. The topological polar surface area (TPSA) is 58.4 Å². The van der Waals surface area contributed by atoms with Crippen LogP contribution in [0.3, 0.4) is 0 Å². The Morgan fingerprint density at radius 3 is 2.55 bits per heavy atom. The number of nitrogens with zero attached hydrogens (tertiary/aromatic N) is 1. The molecule has 2 fully saturated rings. The van der Waals surface area contributed by atoms with Gasteiger partial charge in [-0.15, -0.1) is 0 Å². The van der Waals surface area contributed by atoms with E-state index >= 15 is 0 Å². The standard InChI is InChI=1S/C18H27N3O/c1-21-11-8-16(18(21)9-2-3-10-18)20-13-15-6-4-14(5-7-15)12-17(19)22/h4-7,16,20H,2-3,8-13H2,1H3,(H2,19,22). The van der Waals surface area contributed by atoms with Crippen LogP contribution in [-0.2, 0) is 17.8 Å². The summed E-state index contributed by atoms with van der Waals surface area (Å²) in [6.07, 6.45) is 6.96. The van der Waals surface area contributed by atoms with E-state index in [1.54, 1.807) is 0 Å². The molecule has 1 heterocycles. The summed E-state index contributed by atoms with van der Waals surface area (Å²) in [6, 6.07) is 8.82. The smallest absolute Gasteiger partial charge is 0.221 e. The maximum absolute atomic E-state index is 10.9. The van der Waals surface area contributed by atoms with Crippen molar-refractivity contribution in [1.29, 1.82) is 0 Å². The van der Waals surface area contributed by atoms with Gasteiger partial charge in [0.15, 0.2) is 0 Å². The van der Waals surface area contributed by atoms with Gasteiger partial charge >= 0.3 is 0 Å². The van der Waals surface area contributed by atoms with Crippen molar-refractivity contribution in [3.63, 3.8) is 0 Å². The molecule has 4 nitrogen and oxygen atoms in total. The first-order chi connectivity index (χ1) is 10.6. The van der Waals surface area contributed by atoms with Gasteiger partial charge in [0.25, 0.3) is 0 Å². The Kier molecular flexibility index (Phi) is 4.50. The number of carbonyl (C=O) groups excluding carboxylic acids is 1. The molecule has 0 aromatic heterocycles. The van der Waals surface area contributed by atoms with Crippen molar-refractivity contribution in [3.05, 3.63) is 35.4 Å². The van der Waals surface area contributed by atoms with E-state index in [2.05, 4.69) is 29.4 Å². The zero-order valence-electron chi connectivity index (χ0n) is 13.5. The van der Waals surface area contributed by atoms with Crippen molar-refractivity contribution in [3.8, 4) is 0 Å². The van der Waals surface area contributed by atoms with Gasteiger partial charge in [0.1, 0.15) is 0 Å². The predicted molar refractivity (Wildman–Crippen MR) is 88.4 cm³/mol. The molecule has 0 radical (unpaired) electrons. The Labute approximate surface area is 133 Å². The Morgan fingerprint density at radius 2 is 1.91 bits per heavy atom. The summed E-state index contributed by atoms with van der Waals surface area (Å²) >= 11 is 0. The third-order valence-electron chi connectivity index (χ3n) is 5.59. The van der Waals surface area contributed by atoms with Crippen molar-refractivity contribution in [2.45, 2.75) is 56.7 Å². The summed E-state index contributed by atoms with van der Waals surface area (Å²) in [6.45, 7) is 2.10.